The van der Waals surface area contributed by atoms with Crippen LogP contribution in [0.15, 0.2) is 0 Å². The van der Waals surface area contributed by atoms with Crippen LogP contribution < -0.4 is 0 Å². The van der Waals surface area contributed by atoms with Crippen LogP contribution in [-0.2, 0) is 0 Å². The molecular weight excluding hydrogens is 377 g/mol. The van der Waals surface area contributed by atoms with Gasteiger partial charge in [-0.1, -0.05) is 0 Å². The molecule has 0 aromatic rings. The van der Waals surface area contributed by atoms with Crippen LogP contribution in [0.3, 0.4) is 0 Å². The van der Waals surface area contributed by atoms with E-state index in [1.54, 1.807) is 0 Å². The molecule has 13 heavy (non-hydrogen) atoms. The summed E-state index contributed by atoms with van der Waals surface area (Å²) in [5.41, 5.74) is -4.08. The Hall–Kier alpha value is 0.475. The molecule has 0 aromatic heterocycles. The molecule has 0 aliphatic heterocycles. The molecular formula is C3H3Cl3LaO6. The quantitative estimate of drug-likeness (QED) is 0.557. The average molecular weight is 380 g/mol. The van der Waals surface area contributed by atoms with Crippen LogP contribution in [0, 0.1) is 35.6 Å². The zero-order valence-corrected chi connectivity index (χ0v) is 11.7. The van der Waals surface area contributed by atoms with Gasteiger partial charge in [0.25, 0.3) is 0 Å². The first-order valence-corrected chi connectivity index (χ1v) is 2.98. The maximum Gasteiger partial charge on any atom is 0.401 e. The van der Waals surface area contributed by atoms with Gasteiger partial charge in [-0.25, -0.2) is 14.4 Å². The van der Waals surface area contributed by atoms with Gasteiger partial charge in [-0.2, -0.15) is 0 Å². The Balaban J connectivity index is -0.0000000450. The number of carboxylic acid groups (broad SMARTS) is 3. The van der Waals surface area contributed by atoms with Crippen molar-refractivity contribution in [2.45, 2.75) is 0 Å². The molecule has 3 N–H and O–H groups in total. The zero-order valence-electron chi connectivity index (χ0n) is 5.78. The Morgan fingerprint density at radius 2 is 0.692 bits per heavy atom. The van der Waals surface area contributed by atoms with Gasteiger partial charge in [0.2, 0.25) is 0 Å². The van der Waals surface area contributed by atoms with Crippen LogP contribution in [0.2, 0.25) is 0 Å². The predicted molar refractivity (Wildman–Crippen MR) is 41.6 cm³/mol. The van der Waals surface area contributed by atoms with Crippen molar-refractivity contribution in [2.75, 3.05) is 0 Å². The SMILES string of the molecule is O=C(O)Cl.O=C(O)Cl.O=C(O)Cl.[La]. The van der Waals surface area contributed by atoms with Crippen molar-refractivity contribution in [3.05, 3.63) is 0 Å². The van der Waals surface area contributed by atoms with Crippen molar-refractivity contribution in [3.63, 3.8) is 0 Å². The van der Waals surface area contributed by atoms with Crippen molar-refractivity contribution in [1.29, 1.82) is 0 Å². The molecule has 0 unspecified atom stereocenters. The second kappa shape index (κ2) is 18.3. The molecule has 0 amide bonds. The summed E-state index contributed by atoms with van der Waals surface area (Å²) in [6, 6.07) is 0. The van der Waals surface area contributed by atoms with E-state index in [0.717, 1.165) is 0 Å². The largest absolute Gasteiger partial charge is 0.469 e. The summed E-state index contributed by atoms with van der Waals surface area (Å²) >= 11 is 12.6. The van der Waals surface area contributed by atoms with Crippen molar-refractivity contribution in [3.8, 4) is 0 Å². The van der Waals surface area contributed by atoms with E-state index in [1.165, 1.54) is 0 Å². The Morgan fingerprint density at radius 3 is 0.692 bits per heavy atom. The molecule has 0 aliphatic carbocycles. The van der Waals surface area contributed by atoms with Crippen molar-refractivity contribution < 1.29 is 65.3 Å². The van der Waals surface area contributed by atoms with Crippen LogP contribution in [0.5, 0.6) is 0 Å². The maximum atomic E-state index is 8.77. The van der Waals surface area contributed by atoms with E-state index in [4.69, 9.17) is 29.7 Å². The van der Waals surface area contributed by atoms with E-state index in [9.17, 15) is 0 Å². The monoisotopic (exact) mass is 379 g/mol. The summed E-state index contributed by atoms with van der Waals surface area (Å²) in [7, 11) is 0. The molecule has 0 atom stereocenters. The van der Waals surface area contributed by atoms with Crippen LogP contribution >= 0.6 is 34.8 Å². The Morgan fingerprint density at radius 1 is 0.692 bits per heavy atom. The number of rotatable bonds is 0. The minimum Gasteiger partial charge on any atom is -0.469 e. The summed E-state index contributed by atoms with van der Waals surface area (Å²) in [6.45, 7) is 0. The van der Waals surface area contributed by atoms with Crippen LogP contribution in [0.25, 0.3) is 0 Å². The van der Waals surface area contributed by atoms with Crippen LogP contribution in [0.4, 0.5) is 14.4 Å². The van der Waals surface area contributed by atoms with Gasteiger partial charge in [-0.3, -0.25) is 0 Å². The molecule has 0 spiro atoms. The third kappa shape index (κ3) is 6070. The number of carbonyl (C=O) groups is 3. The summed E-state index contributed by atoms with van der Waals surface area (Å²) in [6.07, 6.45) is 0. The van der Waals surface area contributed by atoms with Crippen LogP contribution in [0.1, 0.15) is 0 Å². The Labute approximate surface area is 115 Å². The van der Waals surface area contributed by atoms with E-state index in [1.807, 2.05) is 0 Å². The third-order valence-electron chi connectivity index (χ3n) is 0. The Bertz CT molecular complexity index is 121. The molecule has 0 saturated heterocycles. The summed E-state index contributed by atoms with van der Waals surface area (Å²) < 4.78 is 0. The van der Waals surface area contributed by atoms with Crippen molar-refractivity contribution >= 4 is 51.1 Å². The van der Waals surface area contributed by atoms with Crippen LogP contribution in [-0.4, -0.2) is 31.6 Å². The standard InChI is InChI=1S/3CHClO2.La/c3*2-1(3)4;/h3*(H,3,4);. The van der Waals surface area contributed by atoms with Gasteiger partial charge in [0.05, 0.1) is 0 Å². The summed E-state index contributed by atoms with van der Waals surface area (Å²) in [4.78, 5) is 26.3. The predicted octanol–water partition coefficient (Wildman–Crippen LogP) is 2.71. The molecule has 1 radical (unpaired) electrons. The van der Waals surface area contributed by atoms with Gasteiger partial charge < -0.3 is 15.3 Å². The Kier molecular flexibility index (Phi) is 32.9. The minimum absolute atomic E-state index is 0. The van der Waals surface area contributed by atoms with Gasteiger partial charge in [-0.05, 0) is 0 Å². The van der Waals surface area contributed by atoms with E-state index in [0.29, 0.717) is 0 Å². The summed E-state index contributed by atoms with van der Waals surface area (Å²) in [5.74, 6) is 0. The smallest absolute Gasteiger partial charge is 0.401 e. The van der Waals surface area contributed by atoms with Gasteiger partial charge in [0.1, 0.15) is 0 Å². The second-order valence-corrected chi connectivity index (χ2v) is 1.73. The van der Waals surface area contributed by atoms with E-state index in [2.05, 4.69) is 34.8 Å². The molecule has 0 bridgehead atoms. The topological polar surface area (TPSA) is 112 Å². The second-order valence-electron chi connectivity index (χ2n) is 0.759. The third-order valence-corrected chi connectivity index (χ3v) is 0. The first kappa shape index (κ1) is 23.4. The molecule has 6 nitrogen and oxygen atoms in total. The molecule has 0 rings (SSSR count). The minimum atomic E-state index is -1.36. The van der Waals surface area contributed by atoms with Gasteiger partial charge in [0.15, 0.2) is 0 Å². The van der Waals surface area contributed by atoms with Gasteiger partial charge in [-0.15, -0.1) is 0 Å². The van der Waals surface area contributed by atoms with Gasteiger partial charge in [0, 0.05) is 70.4 Å². The molecule has 10 heteroatoms. The molecule has 0 saturated carbocycles. The summed E-state index contributed by atoms with van der Waals surface area (Å²) in [5, 5.41) is 21.5. The van der Waals surface area contributed by atoms with Crippen molar-refractivity contribution in [1.82, 2.24) is 0 Å². The number of hydrogen-bond donors (Lipinski definition) is 3. The number of halogens is 3. The molecule has 0 fully saturated rings. The molecule has 0 aromatic carbocycles. The molecule has 0 aliphatic rings. The first-order valence-electron chi connectivity index (χ1n) is 1.85. The molecule has 75 valence electrons. The van der Waals surface area contributed by atoms with E-state index >= 15 is 0 Å². The average Bonchev–Trinajstić information content (AvgIpc) is 1.54. The van der Waals surface area contributed by atoms with Crippen molar-refractivity contribution in [2.24, 2.45) is 0 Å². The normalized spacial score (nSPS) is 5.77. The molecule has 0 heterocycles. The first-order chi connectivity index (χ1) is 5.20. The fraction of sp³-hybridized carbons (Fsp3) is 0. The fourth-order valence-electron chi connectivity index (χ4n) is 0. The number of hydrogen-bond acceptors (Lipinski definition) is 3. The maximum absolute atomic E-state index is 8.77. The van der Waals surface area contributed by atoms with E-state index < -0.39 is 16.3 Å². The van der Waals surface area contributed by atoms with Gasteiger partial charge >= 0.3 is 16.3 Å². The zero-order chi connectivity index (χ0) is 10.7. The van der Waals surface area contributed by atoms with E-state index in [-0.39, 0.29) is 35.6 Å². The fourth-order valence-corrected chi connectivity index (χ4v) is 0.